The Morgan fingerprint density at radius 3 is 2.02 bits per heavy atom. The van der Waals surface area contributed by atoms with Crippen LogP contribution in [0, 0.1) is 5.92 Å². The fourth-order valence-electron chi connectivity index (χ4n) is 4.32. The Hall–Kier alpha value is -4.06. The van der Waals surface area contributed by atoms with Crippen LogP contribution in [-0.4, -0.2) is 39.4 Å². The number of hydrogen-bond donors (Lipinski definition) is 0. The zero-order chi connectivity index (χ0) is 28.4. The van der Waals surface area contributed by atoms with E-state index >= 15 is 0 Å². The van der Waals surface area contributed by atoms with Crippen LogP contribution in [0.4, 0.5) is 0 Å². The summed E-state index contributed by atoms with van der Waals surface area (Å²) in [5.41, 5.74) is 2.91. The third kappa shape index (κ3) is 11.4. The lowest BCUT2D eigenvalue weighted by atomic mass is 9.92. The Bertz CT molecular complexity index is 1170. The molecule has 0 aliphatic carbocycles. The minimum absolute atomic E-state index is 0.168. The summed E-state index contributed by atoms with van der Waals surface area (Å²) in [7, 11) is 2.81. The second-order valence-electron chi connectivity index (χ2n) is 9.61. The molecule has 3 aromatic rings. The van der Waals surface area contributed by atoms with Crippen LogP contribution in [0.15, 0.2) is 91.0 Å². The van der Waals surface area contributed by atoms with Crippen molar-refractivity contribution in [1.29, 1.82) is 0 Å². The van der Waals surface area contributed by atoms with Gasteiger partial charge in [0.1, 0.15) is 11.5 Å². The normalized spacial score (nSPS) is 11.7. The van der Waals surface area contributed by atoms with Gasteiger partial charge in [-0.15, -0.1) is 0 Å². The standard InChI is InChI=1S/C34H40O6/c1-37-33(35)15-7-6-10-28(26-29-16-20-30(21-17-29)34(36)38-2)12-8-11-27-18-22-32(23-19-27)40-25-9-24-39-31-13-4-3-5-14-31/h3-5,8,12-14,16-23,28H,6-7,9-11,15,24-26H2,1-2H3/b12-8-. The number of benzene rings is 3. The van der Waals surface area contributed by atoms with Crippen LogP contribution >= 0.6 is 0 Å². The maximum atomic E-state index is 11.7. The molecule has 1 atom stereocenters. The maximum Gasteiger partial charge on any atom is 0.337 e. The molecule has 0 fully saturated rings. The van der Waals surface area contributed by atoms with Gasteiger partial charge in [-0.2, -0.15) is 0 Å². The zero-order valence-corrected chi connectivity index (χ0v) is 23.6. The van der Waals surface area contributed by atoms with E-state index < -0.39 is 0 Å². The van der Waals surface area contributed by atoms with Crippen molar-refractivity contribution in [1.82, 2.24) is 0 Å². The Morgan fingerprint density at radius 2 is 1.38 bits per heavy atom. The van der Waals surface area contributed by atoms with Crippen LogP contribution in [0.2, 0.25) is 0 Å². The molecule has 1 unspecified atom stereocenters. The maximum absolute atomic E-state index is 11.7. The van der Waals surface area contributed by atoms with Crippen molar-refractivity contribution in [2.24, 2.45) is 5.92 Å². The predicted octanol–water partition coefficient (Wildman–Crippen LogP) is 7.01. The number of rotatable bonds is 17. The second kappa shape index (κ2) is 17.5. The van der Waals surface area contributed by atoms with Gasteiger partial charge in [0.15, 0.2) is 0 Å². The fourth-order valence-corrected chi connectivity index (χ4v) is 4.32. The Kier molecular flexibility index (Phi) is 13.3. The number of ether oxygens (including phenoxy) is 4. The third-order valence-electron chi connectivity index (χ3n) is 6.56. The largest absolute Gasteiger partial charge is 0.493 e. The molecule has 0 spiro atoms. The summed E-state index contributed by atoms with van der Waals surface area (Å²) in [5.74, 6) is 1.55. The van der Waals surface area contributed by atoms with E-state index in [0.717, 1.165) is 55.6 Å². The molecule has 0 bridgehead atoms. The summed E-state index contributed by atoms with van der Waals surface area (Å²) in [4.78, 5) is 23.2. The van der Waals surface area contributed by atoms with Gasteiger partial charge in [0, 0.05) is 12.8 Å². The van der Waals surface area contributed by atoms with Gasteiger partial charge in [0.2, 0.25) is 0 Å². The van der Waals surface area contributed by atoms with Crippen molar-refractivity contribution >= 4 is 11.9 Å². The molecular formula is C34H40O6. The van der Waals surface area contributed by atoms with Gasteiger partial charge in [-0.1, -0.05) is 61.0 Å². The SMILES string of the molecule is COC(=O)CCCCC(/C=C\Cc1ccc(OCCCOc2ccccc2)cc1)Cc1ccc(C(=O)OC)cc1. The van der Waals surface area contributed by atoms with Crippen molar-refractivity contribution in [2.75, 3.05) is 27.4 Å². The first-order valence-corrected chi connectivity index (χ1v) is 13.9. The molecule has 0 aliphatic heterocycles. The number of esters is 2. The monoisotopic (exact) mass is 544 g/mol. The Morgan fingerprint density at radius 1 is 0.725 bits per heavy atom. The first-order valence-electron chi connectivity index (χ1n) is 13.9. The van der Waals surface area contributed by atoms with E-state index in [1.807, 2.05) is 54.6 Å². The molecule has 0 radical (unpaired) electrons. The molecular weight excluding hydrogens is 504 g/mol. The van der Waals surface area contributed by atoms with Crippen molar-refractivity contribution in [3.05, 3.63) is 108 Å². The molecule has 0 amide bonds. The molecule has 0 saturated carbocycles. The van der Waals surface area contributed by atoms with Gasteiger partial charge in [-0.3, -0.25) is 4.79 Å². The van der Waals surface area contributed by atoms with Crippen molar-refractivity contribution in [3.63, 3.8) is 0 Å². The first-order chi connectivity index (χ1) is 19.6. The number of allylic oxidation sites excluding steroid dienone is 2. The van der Waals surface area contributed by atoms with Crippen molar-refractivity contribution < 1.29 is 28.5 Å². The predicted molar refractivity (Wildman–Crippen MR) is 157 cm³/mol. The van der Waals surface area contributed by atoms with E-state index in [1.165, 1.54) is 19.8 Å². The van der Waals surface area contributed by atoms with Crippen LogP contribution in [-0.2, 0) is 27.1 Å². The van der Waals surface area contributed by atoms with Gasteiger partial charge >= 0.3 is 11.9 Å². The molecule has 0 N–H and O–H groups in total. The summed E-state index contributed by atoms with van der Waals surface area (Å²) >= 11 is 0. The van der Waals surface area contributed by atoms with Gasteiger partial charge < -0.3 is 18.9 Å². The van der Waals surface area contributed by atoms with E-state index in [4.69, 9.17) is 18.9 Å². The zero-order valence-electron chi connectivity index (χ0n) is 23.6. The average molecular weight is 545 g/mol. The van der Waals surface area contributed by atoms with Gasteiger partial charge in [0.05, 0.1) is 33.0 Å². The van der Waals surface area contributed by atoms with E-state index in [0.29, 0.717) is 31.1 Å². The summed E-state index contributed by atoms with van der Waals surface area (Å²) < 4.78 is 21.1. The molecule has 3 aromatic carbocycles. The van der Waals surface area contributed by atoms with E-state index in [-0.39, 0.29) is 11.9 Å². The highest BCUT2D eigenvalue weighted by Crippen LogP contribution is 2.20. The van der Waals surface area contributed by atoms with Gasteiger partial charge in [-0.25, -0.2) is 4.79 Å². The quantitative estimate of drug-likeness (QED) is 0.103. The first kappa shape index (κ1) is 30.5. The molecule has 0 heterocycles. The molecule has 0 aromatic heterocycles. The van der Waals surface area contributed by atoms with E-state index in [2.05, 4.69) is 24.3 Å². The molecule has 0 saturated heterocycles. The second-order valence-corrected chi connectivity index (χ2v) is 9.61. The smallest absolute Gasteiger partial charge is 0.337 e. The third-order valence-corrected chi connectivity index (χ3v) is 6.56. The molecule has 3 rings (SSSR count). The minimum Gasteiger partial charge on any atom is -0.493 e. The number of hydrogen-bond acceptors (Lipinski definition) is 6. The molecule has 0 aliphatic rings. The Balaban J connectivity index is 1.47. The van der Waals surface area contributed by atoms with E-state index in [1.54, 1.807) is 12.1 Å². The number of para-hydroxylation sites is 1. The minimum atomic E-state index is -0.334. The lowest BCUT2D eigenvalue weighted by molar-refractivity contribution is -0.140. The molecule has 212 valence electrons. The number of methoxy groups -OCH3 is 2. The van der Waals surface area contributed by atoms with Crippen molar-refractivity contribution in [3.8, 4) is 11.5 Å². The topological polar surface area (TPSA) is 71.1 Å². The number of carbonyl (C=O) groups is 2. The van der Waals surface area contributed by atoms with Crippen LogP contribution in [0.3, 0.4) is 0 Å². The average Bonchev–Trinajstić information content (AvgIpc) is 3.00. The number of carbonyl (C=O) groups excluding carboxylic acids is 2. The highest BCUT2D eigenvalue weighted by atomic mass is 16.5. The van der Waals surface area contributed by atoms with Crippen LogP contribution in [0.1, 0.15) is 53.6 Å². The molecule has 6 nitrogen and oxygen atoms in total. The van der Waals surface area contributed by atoms with Crippen LogP contribution in [0.5, 0.6) is 11.5 Å². The van der Waals surface area contributed by atoms with Crippen molar-refractivity contribution in [2.45, 2.75) is 44.9 Å². The van der Waals surface area contributed by atoms with Crippen LogP contribution in [0.25, 0.3) is 0 Å². The lowest BCUT2D eigenvalue weighted by Crippen LogP contribution is -2.05. The lowest BCUT2D eigenvalue weighted by Gasteiger charge is -2.13. The fraction of sp³-hybridized carbons (Fsp3) is 0.353. The summed E-state index contributed by atoms with van der Waals surface area (Å²) in [6, 6.07) is 25.6. The van der Waals surface area contributed by atoms with E-state index in [9.17, 15) is 9.59 Å². The summed E-state index contributed by atoms with van der Waals surface area (Å²) in [6.45, 7) is 1.22. The highest BCUT2D eigenvalue weighted by Gasteiger charge is 2.10. The van der Waals surface area contributed by atoms with Gasteiger partial charge in [-0.05, 0) is 79.1 Å². The molecule has 40 heavy (non-hydrogen) atoms. The highest BCUT2D eigenvalue weighted by molar-refractivity contribution is 5.89. The molecule has 6 heteroatoms. The van der Waals surface area contributed by atoms with Gasteiger partial charge in [0.25, 0.3) is 0 Å². The van der Waals surface area contributed by atoms with Crippen LogP contribution < -0.4 is 9.47 Å². The Labute approximate surface area is 237 Å². The number of unbranched alkanes of at least 4 members (excludes halogenated alkanes) is 1. The summed E-state index contributed by atoms with van der Waals surface area (Å²) in [6.07, 6.45) is 10.1. The summed E-state index contributed by atoms with van der Waals surface area (Å²) in [5, 5.41) is 0.